The predicted octanol–water partition coefficient (Wildman–Crippen LogP) is 2.12. The summed E-state index contributed by atoms with van der Waals surface area (Å²) in [5.74, 6) is 2.68. The van der Waals surface area contributed by atoms with E-state index in [4.69, 9.17) is 0 Å². The second-order valence-electron chi connectivity index (χ2n) is 5.23. The fraction of sp³-hybridized carbons (Fsp3) is 0.846. The molecular formula is C13H24N2S. The van der Waals surface area contributed by atoms with E-state index in [1.54, 1.807) is 0 Å². The zero-order valence-electron chi connectivity index (χ0n) is 10.4. The standard InChI is InChI=1S/C13H24N2S/c1-11(2)9-15-6-3-12(4-7-15)14-13-5-8-16-10-13/h12-14H,1,3-10H2,2H3. The zero-order valence-corrected chi connectivity index (χ0v) is 11.2. The van der Waals surface area contributed by atoms with Crippen molar-refractivity contribution in [3.8, 4) is 0 Å². The second kappa shape index (κ2) is 6.08. The molecule has 1 N–H and O–H groups in total. The fourth-order valence-electron chi connectivity index (χ4n) is 2.64. The minimum Gasteiger partial charge on any atom is -0.310 e. The number of thioether (sulfide) groups is 1. The van der Waals surface area contributed by atoms with Gasteiger partial charge in [-0.1, -0.05) is 12.2 Å². The van der Waals surface area contributed by atoms with E-state index < -0.39 is 0 Å². The van der Waals surface area contributed by atoms with Crippen LogP contribution >= 0.6 is 11.8 Å². The van der Waals surface area contributed by atoms with Gasteiger partial charge in [0.2, 0.25) is 0 Å². The molecule has 0 saturated carbocycles. The minimum absolute atomic E-state index is 0.769. The molecule has 2 aliphatic rings. The Morgan fingerprint density at radius 3 is 2.62 bits per heavy atom. The molecule has 2 fully saturated rings. The monoisotopic (exact) mass is 240 g/mol. The highest BCUT2D eigenvalue weighted by atomic mass is 32.2. The van der Waals surface area contributed by atoms with Crippen LogP contribution in [0.2, 0.25) is 0 Å². The number of nitrogens with one attached hydrogen (secondary N) is 1. The molecule has 92 valence electrons. The van der Waals surface area contributed by atoms with Crippen molar-refractivity contribution >= 4 is 11.8 Å². The summed E-state index contributed by atoms with van der Waals surface area (Å²) in [5.41, 5.74) is 1.29. The average molecular weight is 240 g/mol. The Bertz CT molecular complexity index is 228. The van der Waals surface area contributed by atoms with Crippen LogP contribution in [0.4, 0.5) is 0 Å². The largest absolute Gasteiger partial charge is 0.310 e. The highest BCUT2D eigenvalue weighted by Gasteiger charge is 2.23. The molecule has 16 heavy (non-hydrogen) atoms. The van der Waals surface area contributed by atoms with Crippen molar-refractivity contribution in [2.45, 2.75) is 38.3 Å². The van der Waals surface area contributed by atoms with Crippen molar-refractivity contribution in [1.29, 1.82) is 0 Å². The van der Waals surface area contributed by atoms with E-state index in [9.17, 15) is 0 Å². The maximum Gasteiger partial charge on any atom is 0.0187 e. The molecule has 2 rings (SSSR count). The van der Waals surface area contributed by atoms with E-state index in [0.29, 0.717) is 0 Å². The SMILES string of the molecule is C=C(C)CN1CCC(NC2CCSC2)CC1. The zero-order chi connectivity index (χ0) is 11.4. The first-order valence-electron chi connectivity index (χ1n) is 6.44. The molecule has 0 bridgehead atoms. The van der Waals surface area contributed by atoms with Crippen LogP contribution in [0.15, 0.2) is 12.2 Å². The van der Waals surface area contributed by atoms with Gasteiger partial charge in [0.15, 0.2) is 0 Å². The third kappa shape index (κ3) is 3.79. The maximum atomic E-state index is 3.99. The van der Waals surface area contributed by atoms with Gasteiger partial charge < -0.3 is 5.32 Å². The number of hydrogen-bond acceptors (Lipinski definition) is 3. The smallest absolute Gasteiger partial charge is 0.0187 e. The van der Waals surface area contributed by atoms with Crippen molar-refractivity contribution in [2.75, 3.05) is 31.1 Å². The van der Waals surface area contributed by atoms with Gasteiger partial charge >= 0.3 is 0 Å². The third-order valence-corrected chi connectivity index (χ3v) is 4.64. The minimum atomic E-state index is 0.769. The summed E-state index contributed by atoms with van der Waals surface area (Å²) in [7, 11) is 0. The van der Waals surface area contributed by atoms with Gasteiger partial charge in [0.1, 0.15) is 0 Å². The molecule has 2 aliphatic heterocycles. The summed E-state index contributed by atoms with van der Waals surface area (Å²) in [6, 6.07) is 1.56. The summed E-state index contributed by atoms with van der Waals surface area (Å²) < 4.78 is 0. The average Bonchev–Trinajstić information content (AvgIpc) is 2.73. The van der Waals surface area contributed by atoms with Gasteiger partial charge in [-0.25, -0.2) is 0 Å². The van der Waals surface area contributed by atoms with Gasteiger partial charge in [0.25, 0.3) is 0 Å². The van der Waals surface area contributed by atoms with E-state index in [1.165, 1.54) is 49.4 Å². The van der Waals surface area contributed by atoms with E-state index in [-0.39, 0.29) is 0 Å². The molecule has 0 amide bonds. The van der Waals surface area contributed by atoms with Crippen molar-refractivity contribution < 1.29 is 0 Å². The van der Waals surface area contributed by atoms with Gasteiger partial charge in [0.05, 0.1) is 0 Å². The van der Waals surface area contributed by atoms with Crippen LogP contribution in [-0.4, -0.2) is 48.1 Å². The Morgan fingerprint density at radius 2 is 2.06 bits per heavy atom. The Hall–Kier alpha value is 0.0100. The number of rotatable bonds is 4. The Morgan fingerprint density at radius 1 is 1.31 bits per heavy atom. The quantitative estimate of drug-likeness (QED) is 0.758. The lowest BCUT2D eigenvalue weighted by molar-refractivity contribution is 0.205. The van der Waals surface area contributed by atoms with Crippen molar-refractivity contribution in [3.05, 3.63) is 12.2 Å². The number of piperidine rings is 1. The summed E-state index contributed by atoms with van der Waals surface area (Å²) in [6.07, 6.45) is 4.00. The van der Waals surface area contributed by atoms with Crippen LogP contribution < -0.4 is 5.32 Å². The molecule has 1 unspecified atom stereocenters. The first-order valence-corrected chi connectivity index (χ1v) is 7.60. The molecule has 3 heteroatoms. The molecule has 1 atom stereocenters. The summed E-state index contributed by atoms with van der Waals surface area (Å²) in [5, 5.41) is 3.82. The molecule has 0 aromatic carbocycles. The number of nitrogens with zero attached hydrogens (tertiary/aromatic N) is 1. The maximum absolute atomic E-state index is 3.99. The molecule has 0 aromatic heterocycles. The Kier molecular flexibility index (Phi) is 4.74. The van der Waals surface area contributed by atoms with Crippen LogP contribution in [0.5, 0.6) is 0 Å². The summed E-state index contributed by atoms with van der Waals surface area (Å²) in [6.45, 7) is 9.69. The normalized spacial score (nSPS) is 28.4. The highest BCUT2D eigenvalue weighted by Crippen LogP contribution is 2.20. The molecule has 0 radical (unpaired) electrons. The summed E-state index contributed by atoms with van der Waals surface area (Å²) in [4.78, 5) is 2.53. The third-order valence-electron chi connectivity index (χ3n) is 3.48. The molecular weight excluding hydrogens is 216 g/mol. The molecule has 0 spiro atoms. The molecule has 0 aromatic rings. The first-order chi connectivity index (χ1) is 7.74. The highest BCUT2D eigenvalue weighted by molar-refractivity contribution is 7.99. The topological polar surface area (TPSA) is 15.3 Å². The van der Waals surface area contributed by atoms with Crippen molar-refractivity contribution in [3.63, 3.8) is 0 Å². The van der Waals surface area contributed by atoms with Crippen molar-refractivity contribution in [2.24, 2.45) is 0 Å². The second-order valence-corrected chi connectivity index (χ2v) is 6.38. The van der Waals surface area contributed by atoms with E-state index in [2.05, 4.69) is 35.5 Å². The lowest BCUT2D eigenvalue weighted by Gasteiger charge is -2.33. The van der Waals surface area contributed by atoms with Gasteiger partial charge in [-0.15, -0.1) is 0 Å². The van der Waals surface area contributed by atoms with Gasteiger partial charge in [-0.3, -0.25) is 4.90 Å². The predicted molar refractivity (Wildman–Crippen MR) is 73.1 cm³/mol. The van der Waals surface area contributed by atoms with Gasteiger partial charge in [-0.2, -0.15) is 11.8 Å². The van der Waals surface area contributed by atoms with Crippen LogP contribution in [0.1, 0.15) is 26.2 Å². The van der Waals surface area contributed by atoms with E-state index >= 15 is 0 Å². The molecule has 0 aliphatic carbocycles. The molecule has 2 saturated heterocycles. The first kappa shape index (κ1) is 12.5. The van der Waals surface area contributed by atoms with Gasteiger partial charge in [0, 0.05) is 24.4 Å². The van der Waals surface area contributed by atoms with Crippen molar-refractivity contribution in [1.82, 2.24) is 10.2 Å². The lowest BCUT2D eigenvalue weighted by Crippen LogP contribution is -2.46. The Labute approximate surface area is 104 Å². The van der Waals surface area contributed by atoms with Crippen LogP contribution in [0.25, 0.3) is 0 Å². The molecule has 2 heterocycles. The van der Waals surface area contributed by atoms with Crippen LogP contribution in [0, 0.1) is 0 Å². The fourth-order valence-corrected chi connectivity index (χ4v) is 3.80. The van der Waals surface area contributed by atoms with Crippen LogP contribution in [-0.2, 0) is 0 Å². The van der Waals surface area contributed by atoms with E-state index in [1.807, 2.05) is 0 Å². The van der Waals surface area contributed by atoms with Crippen LogP contribution in [0.3, 0.4) is 0 Å². The lowest BCUT2D eigenvalue weighted by atomic mass is 10.0. The Balaban J connectivity index is 1.66. The number of likely N-dealkylation sites (tertiary alicyclic amines) is 1. The number of hydrogen-bond donors (Lipinski definition) is 1. The molecule has 2 nitrogen and oxygen atoms in total. The van der Waals surface area contributed by atoms with Gasteiger partial charge in [-0.05, 0) is 45.0 Å². The van der Waals surface area contributed by atoms with E-state index in [0.717, 1.165) is 18.6 Å². The summed E-state index contributed by atoms with van der Waals surface area (Å²) >= 11 is 2.10.